The lowest BCUT2D eigenvalue weighted by atomic mass is 9.96. The molecular weight excluding hydrogens is 371 g/mol. The van der Waals surface area contributed by atoms with Crippen LogP contribution in [0.15, 0.2) is 54.6 Å². The molecule has 6 nitrogen and oxygen atoms in total. The SMILES string of the molecule is Oc1cc(N2CCC(c3nc4ccccc4[nH]3)CC2)c(O)n1-c1ccccc1F. The molecule has 0 atom stereocenters. The third-order valence-electron chi connectivity index (χ3n) is 5.66. The number of fused-ring (bicyclic) bond motifs is 1. The van der Waals surface area contributed by atoms with Crippen molar-refractivity contribution in [2.75, 3.05) is 18.0 Å². The van der Waals surface area contributed by atoms with Gasteiger partial charge in [-0.15, -0.1) is 0 Å². The number of hydrogen-bond acceptors (Lipinski definition) is 4. The van der Waals surface area contributed by atoms with E-state index in [-0.39, 0.29) is 17.4 Å². The van der Waals surface area contributed by atoms with E-state index in [1.165, 1.54) is 18.2 Å². The zero-order valence-electron chi connectivity index (χ0n) is 15.7. The van der Waals surface area contributed by atoms with E-state index in [0.29, 0.717) is 24.7 Å². The Morgan fingerprint density at radius 1 is 0.966 bits per heavy atom. The second kappa shape index (κ2) is 6.84. The van der Waals surface area contributed by atoms with E-state index < -0.39 is 5.82 Å². The van der Waals surface area contributed by atoms with Gasteiger partial charge in [0.25, 0.3) is 0 Å². The summed E-state index contributed by atoms with van der Waals surface area (Å²) in [6, 6.07) is 15.5. The van der Waals surface area contributed by atoms with Crippen molar-refractivity contribution < 1.29 is 14.6 Å². The van der Waals surface area contributed by atoms with Gasteiger partial charge in [0, 0.05) is 25.1 Å². The van der Waals surface area contributed by atoms with Crippen LogP contribution in [-0.2, 0) is 0 Å². The molecule has 0 radical (unpaired) electrons. The van der Waals surface area contributed by atoms with Crippen LogP contribution in [0.2, 0.25) is 0 Å². The quantitative estimate of drug-likeness (QED) is 0.486. The number of H-pyrrole nitrogens is 1. The summed E-state index contributed by atoms with van der Waals surface area (Å²) in [5, 5.41) is 21.0. The molecule has 4 aromatic rings. The van der Waals surface area contributed by atoms with Gasteiger partial charge in [0.15, 0.2) is 0 Å². The zero-order valence-corrected chi connectivity index (χ0v) is 15.7. The van der Waals surface area contributed by atoms with Gasteiger partial charge in [0.2, 0.25) is 11.8 Å². The van der Waals surface area contributed by atoms with Crippen molar-refractivity contribution in [3.05, 3.63) is 66.2 Å². The number of halogens is 1. The first-order valence-electron chi connectivity index (χ1n) is 9.70. The Hall–Kier alpha value is -3.48. The molecule has 1 saturated heterocycles. The highest BCUT2D eigenvalue weighted by molar-refractivity contribution is 5.74. The lowest BCUT2D eigenvalue weighted by Crippen LogP contribution is -2.33. The van der Waals surface area contributed by atoms with E-state index in [2.05, 4.69) is 4.98 Å². The summed E-state index contributed by atoms with van der Waals surface area (Å²) < 4.78 is 15.3. The van der Waals surface area contributed by atoms with Crippen LogP contribution in [0.3, 0.4) is 0 Å². The third-order valence-corrected chi connectivity index (χ3v) is 5.66. The molecule has 3 heterocycles. The molecule has 0 aliphatic carbocycles. The molecule has 3 N–H and O–H groups in total. The molecule has 0 saturated carbocycles. The number of piperidine rings is 1. The van der Waals surface area contributed by atoms with Gasteiger partial charge >= 0.3 is 0 Å². The largest absolute Gasteiger partial charge is 0.494 e. The lowest BCUT2D eigenvalue weighted by Gasteiger charge is -2.32. The molecule has 1 aliphatic heterocycles. The first kappa shape index (κ1) is 17.6. The van der Waals surface area contributed by atoms with Crippen molar-refractivity contribution in [1.29, 1.82) is 0 Å². The standard InChI is InChI=1S/C22H21FN4O2/c23-15-5-1-4-8-18(15)27-20(28)13-19(22(27)29)26-11-9-14(10-12-26)21-24-16-6-2-3-7-17(16)25-21/h1-8,13-14,28-29H,9-12H2,(H,24,25). The molecule has 7 heteroatoms. The van der Waals surface area contributed by atoms with Crippen molar-refractivity contribution >= 4 is 16.7 Å². The highest BCUT2D eigenvalue weighted by atomic mass is 19.1. The Balaban J connectivity index is 1.37. The van der Waals surface area contributed by atoms with Gasteiger partial charge in [0.1, 0.15) is 17.3 Å². The Bertz CT molecular complexity index is 1140. The number of rotatable bonds is 3. The number of benzene rings is 2. The fourth-order valence-electron chi connectivity index (χ4n) is 4.14. The van der Waals surface area contributed by atoms with E-state index in [9.17, 15) is 14.6 Å². The molecule has 1 fully saturated rings. The number of nitrogens with one attached hydrogen (secondary N) is 1. The number of anilines is 1. The molecule has 2 aromatic carbocycles. The molecule has 2 aromatic heterocycles. The van der Waals surface area contributed by atoms with Gasteiger partial charge in [-0.2, -0.15) is 0 Å². The molecule has 29 heavy (non-hydrogen) atoms. The number of para-hydroxylation sites is 3. The van der Waals surface area contributed by atoms with Crippen LogP contribution in [-0.4, -0.2) is 37.8 Å². The minimum absolute atomic E-state index is 0.117. The van der Waals surface area contributed by atoms with E-state index in [4.69, 9.17) is 4.98 Å². The summed E-state index contributed by atoms with van der Waals surface area (Å²) in [7, 11) is 0. The van der Waals surface area contributed by atoms with Crippen LogP contribution in [0.1, 0.15) is 24.6 Å². The monoisotopic (exact) mass is 392 g/mol. The van der Waals surface area contributed by atoms with Gasteiger partial charge < -0.3 is 20.1 Å². The fraction of sp³-hybridized carbons (Fsp3) is 0.227. The number of aromatic hydroxyl groups is 2. The van der Waals surface area contributed by atoms with Gasteiger partial charge in [0.05, 0.1) is 16.7 Å². The number of aromatic amines is 1. The predicted molar refractivity (Wildman–Crippen MR) is 109 cm³/mol. The minimum atomic E-state index is -0.510. The number of hydrogen-bond donors (Lipinski definition) is 3. The average molecular weight is 392 g/mol. The summed E-state index contributed by atoms with van der Waals surface area (Å²) in [4.78, 5) is 10.1. The number of imidazole rings is 1. The van der Waals surface area contributed by atoms with Crippen LogP contribution in [0, 0.1) is 5.82 Å². The predicted octanol–water partition coefficient (Wildman–Crippen LogP) is 4.29. The molecule has 5 rings (SSSR count). The third kappa shape index (κ3) is 2.99. The summed E-state index contributed by atoms with van der Waals surface area (Å²) in [5.41, 5.74) is 2.63. The molecule has 1 aliphatic rings. The molecule has 0 unspecified atom stereocenters. The topological polar surface area (TPSA) is 77.3 Å². The van der Waals surface area contributed by atoms with E-state index >= 15 is 0 Å². The smallest absolute Gasteiger partial charge is 0.223 e. The minimum Gasteiger partial charge on any atom is -0.494 e. The van der Waals surface area contributed by atoms with Gasteiger partial charge in [-0.1, -0.05) is 24.3 Å². The van der Waals surface area contributed by atoms with Crippen molar-refractivity contribution in [3.8, 4) is 17.4 Å². The maximum atomic E-state index is 14.1. The van der Waals surface area contributed by atoms with Crippen LogP contribution in [0.25, 0.3) is 16.7 Å². The summed E-state index contributed by atoms with van der Waals surface area (Å²) in [6.07, 6.45) is 1.73. The van der Waals surface area contributed by atoms with Gasteiger partial charge in [-0.05, 0) is 37.1 Å². The van der Waals surface area contributed by atoms with Crippen LogP contribution in [0.4, 0.5) is 10.1 Å². The zero-order chi connectivity index (χ0) is 20.0. The fourth-order valence-corrected chi connectivity index (χ4v) is 4.14. The van der Waals surface area contributed by atoms with Crippen molar-refractivity contribution in [3.63, 3.8) is 0 Å². The Labute approximate surface area is 166 Å². The highest BCUT2D eigenvalue weighted by Crippen LogP contribution is 2.40. The lowest BCUT2D eigenvalue weighted by molar-refractivity contribution is 0.397. The molecule has 0 spiro atoms. The van der Waals surface area contributed by atoms with Crippen molar-refractivity contribution in [1.82, 2.24) is 14.5 Å². The molecule has 0 amide bonds. The second-order valence-electron chi connectivity index (χ2n) is 7.40. The van der Waals surface area contributed by atoms with E-state index in [1.54, 1.807) is 12.1 Å². The van der Waals surface area contributed by atoms with Gasteiger partial charge in [-0.3, -0.25) is 0 Å². The van der Waals surface area contributed by atoms with Crippen molar-refractivity contribution in [2.24, 2.45) is 0 Å². The highest BCUT2D eigenvalue weighted by Gasteiger charge is 2.27. The Morgan fingerprint density at radius 2 is 1.69 bits per heavy atom. The van der Waals surface area contributed by atoms with Crippen molar-refractivity contribution in [2.45, 2.75) is 18.8 Å². The van der Waals surface area contributed by atoms with Crippen LogP contribution in [0.5, 0.6) is 11.8 Å². The van der Waals surface area contributed by atoms with Gasteiger partial charge in [-0.25, -0.2) is 13.9 Å². The first-order chi connectivity index (χ1) is 14.1. The Kier molecular flexibility index (Phi) is 4.16. The Morgan fingerprint density at radius 3 is 2.45 bits per heavy atom. The van der Waals surface area contributed by atoms with Crippen LogP contribution < -0.4 is 4.90 Å². The second-order valence-corrected chi connectivity index (χ2v) is 7.40. The normalized spacial score (nSPS) is 15.3. The van der Waals surface area contributed by atoms with Crippen LogP contribution >= 0.6 is 0 Å². The first-order valence-corrected chi connectivity index (χ1v) is 9.70. The number of nitrogens with zero attached hydrogens (tertiary/aromatic N) is 3. The maximum absolute atomic E-state index is 14.1. The summed E-state index contributed by atoms with van der Waals surface area (Å²) >= 11 is 0. The van der Waals surface area contributed by atoms with E-state index in [1.807, 2.05) is 29.2 Å². The molecule has 0 bridgehead atoms. The summed E-state index contributed by atoms with van der Waals surface area (Å²) in [5.74, 6) is 0.436. The molecular formula is C22H21FN4O2. The maximum Gasteiger partial charge on any atom is 0.223 e. The average Bonchev–Trinajstić information content (AvgIpc) is 3.30. The molecule has 148 valence electrons. The number of aromatic nitrogens is 3. The summed E-state index contributed by atoms with van der Waals surface area (Å²) in [6.45, 7) is 1.41. The van der Waals surface area contributed by atoms with E-state index in [0.717, 1.165) is 34.3 Å².